The van der Waals surface area contributed by atoms with E-state index in [0.717, 1.165) is 40.5 Å². The molecule has 35 heavy (non-hydrogen) atoms. The van der Waals surface area contributed by atoms with Crippen molar-refractivity contribution in [2.24, 2.45) is 5.10 Å². The Labute approximate surface area is 223 Å². The average molecular weight is 588 g/mol. The molecule has 0 saturated heterocycles. The van der Waals surface area contributed by atoms with Gasteiger partial charge in [0, 0.05) is 19.9 Å². The van der Waals surface area contributed by atoms with E-state index in [1.165, 1.54) is 22.9 Å². The van der Waals surface area contributed by atoms with Gasteiger partial charge in [0.2, 0.25) is 0 Å². The Kier molecular flexibility index (Phi) is 7.38. The summed E-state index contributed by atoms with van der Waals surface area (Å²) in [7, 11) is 0. The molecule has 0 radical (unpaired) electrons. The van der Waals surface area contributed by atoms with Crippen LogP contribution >= 0.6 is 50.6 Å². The van der Waals surface area contributed by atoms with E-state index in [0.29, 0.717) is 26.8 Å². The number of hydrogen-bond acceptors (Lipinski definition) is 6. The van der Waals surface area contributed by atoms with Gasteiger partial charge in [0.25, 0.3) is 11.5 Å². The van der Waals surface area contributed by atoms with Gasteiger partial charge in [-0.1, -0.05) is 57.5 Å². The number of thiophene rings is 1. The summed E-state index contributed by atoms with van der Waals surface area (Å²) in [5.74, 6) is -0.250. The fraction of sp³-hybridized carbons (Fsp3) is 0.200. The Morgan fingerprint density at radius 3 is 2.77 bits per heavy atom. The van der Waals surface area contributed by atoms with E-state index in [1.54, 1.807) is 22.0 Å². The first-order chi connectivity index (χ1) is 17.0. The third-order valence-corrected chi connectivity index (χ3v) is 8.67. The molecular formula is C25H20BrClN4O2S2. The molecule has 1 N–H and O–H groups in total. The van der Waals surface area contributed by atoms with Crippen LogP contribution in [0, 0.1) is 0 Å². The summed E-state index contributed by atoms with van der Waals surface area (Å²) in [5.41, 5.74) is 4.99. The number of benzene rings is 2. The summed E-state index contributed by atoms with van der Waals surface area (Å²) < 4.78 is 2.53. The maximum absolute atomic E-state index is 13.7. The Balaban J connectivity index is 1.44. The molecule has 5 rings (SSSR count). The lowest BCUT2D eigenvalue weighted by molar-refractivity contribution is -0.118. The van der Waals surface area contributed by atoms with Crippen LogP contribution in [-0.2, 0) is 17.6 Å². The van der Waals surface area contributed by atoms with Gasteiger partial charge in [0.05, 0.1) is 23.0 Å². The van der Waals surface area contributed by atoms with Crippen molar-refractivity contribution in [1.29, 1.82) is 0 Å². The number of rotatable bonds is 6. The van der Waals surface area contributed by atoms with Gasteiger partial charge in [-0.2, -0.15) is 5.10 Å². The van der Waals surface area contributed by atoms with Gasteiger partial charge < -0.3 is 0 Å². The summed E-state index contributed by atoms with van der Waals surface area (Å²) in [6.45, 7) is 0. The van der Waals surface area contributed by atoms with E-state index in [-0.39, 0.29) is 17.2 Å². The fourth-order valence-corrected chi connectivity index (χ4v) is 6.57. The highest BCUT2D eigenvalue weighted by atomic mass is 79.9. The Morgan fingerprint density at radius 2 is 1.97 bits per heavy atom. The second kappa shape index (κ2) is 10.7. The van der Waals surface area contributed by atoms with Crippen molar-refractivity contribution in [1.82, 2.24) is 15.0 Å². The zero-order valence-electron chi connectivity index (χ0n) is 18.5. The first-order valence-electron chi connectivity index (χ1n) is 11.0. The van der Waals surface area contributed by atoms with Crippen LogP contribution in [0.25, 0.3) is 15.9 Å². The molecule has 4 aromatic rings. The van der Waals surface area contributed by atoms with Crippen molar-refractivity contribution in [2.75, 3.05) is 5.75 Å². The van der Waals surface area contributed by atoms with Crippen molar-refractivity contribution in [3.8, 4) is 5.69 Å². The normalized spacial score (nSPS) is 13.3. The van der Waals surface area contributed by atoms with Crippen LogP contribution in [0.1, 0.15) is 28.8 Å². The minimum absolute atomic E-state index is 0.0550. The molecule has 0 aliphatic heterocycles. The molecule has 0 saturated carbocycles. The highest BCUT2D eigenvalue weighted by Gasteiger charge is 2.23. The maximum Gasteiger partial charge on any atom is 0.267 e. The van der Waals surface area contributed by atoms with Gasteiger partial charge in [-0.05, 0) is 61.6 Å². The Morgan fingerprint density at radius 1 is 1.20 bits per heavy atom. The smallest absolute Gasteiger partial charge is 0.267 e. The molecule has 0 atom stereocenters. The van der Waals surface area contributed by atoms with E-state index in [9.17, 15) is 9.59 Å². The van der Waals surface area contributed by atoms with Crippen molar-refractivity contribution >= 4 is 73.0 Å². The molecule has 0 spiro atoms. The van der Waals surface area contributed by atoms with Crippen molar-refractivity contribution in [3.63, 3.8) is 0 Å². The monoisotopic (exact) mass is 586 g/mol. The lowest BCUT2D eigenvalue weighted by atomic mass is 9.97. The summed E-state index contributed by atoms with van der Waals surface area (Å²) in [6, 6.07) is 14.8. The number of carbonyl (C=O) groups excluding carboxylic acids is 1. The van der Waals surface area contributed by atoms with Crippen LogP contribution in [-0.4, -0.2) is 27.4 Å². The van der Waals surface area contributed by atoms with E-state index in [2.05, 4.69) is 26.5 Å². The molecule has 0 fully saturated rings. The SMILES string of the molecule is O=C(CSc1nc2sc3c(c2c(=O)n1-c1ccc(Br)cc1)CCCC3)NN=Cc1ccccc1Cl. The topological polar surface area (TPSA) is 76.3 Å². The van der Waals surface area contributed by atoms with Gasteiger partial charge >= 0.3 is 0 Å². The zero-order chi connectivity index (χ0) is 24.4. The number of hydrogen-bond donors (Lipinski definition) is 1. The molecule has 1 aliphatic rings. The number of aryl methyl sites for hydroxylation is 2. The lowest BCUT2D eigenvalue weighted by Gasteiger charge is -2.13. The molecule has 2 aromatic carbocycles. The number of fused-ring (bicyclic) bond motifs is 3. The van der Waals surface area contributed by atoms with Crippen LogP contribution in [0.4, 0.5) is 0 Å². The lowest BCUT2D eigenvalue weighted by Crippen LogP contribution is -2.24. The first-order valence-corrected chi connectivity index (χ1v) is 14.0. The number of nitrogens with zero attached hydrogens (tertiary/aromatic N) is 3. The Hall–Kier alpha value is -2.46. The summed E-state index contributed by atoms with van der Waals surface area (Å²) in [5, 5.41) is 5.75. The standard InChI is InChI=1S/C25H20BrClN4O2S2/c26-16-9-11-17(12-10-16)31-24(33)22-18-6-2-4-8-20(18)35-23(22)29-25(31)34-14-21(32)30-28-13-15-5-1-3-7-19(15)27/h1,3,5,7,9-13H,2,4,6,8,14H2,(H,30,32). The van der Waals surface area contributed by atoms with E-state index < -0.39 is 0 Å². The van der Waals surface area contributed by atoms with Gasteiger partial charge in [0.1, 0.15) is 4.83 Å². The minimum Gasteiger partial charge on any atom is -0.272 e. The predicted molar refractivity (Wildman–Crippen MR) is 147 cm³/mol. The molecule has 10 heteroatoms. The summed E-state index contributed by atoms with van der Waals surface area (Å²) in [4.78, 5) is 33.1. The van der Waals surface area contributed by atoms with Gasteiger partial charge in [-0.25, -0.2) is 10.4 Å². The molecule has 178 valence electrons. The third-order valence-electron chi connectivity index (χ3n) is 5.67. The maximum atomic E-state index is 13.7. The van der Waals surface area contributed by atoms with Crippen molar-refractivity contribution < 1.29 is 4.79 Å². The van der Waals surface area contributed by atoms with Crippen LogP contribution in [0.3, 0.4) is 0 Å². The molecule has 0 bridgehead atoms. The second-order valence-electron chi connectivity index (χ2n) is 8.01. The van der Waals surface area contributed by atoms with Crippen LogP contribution in [0.5, 0.6) is 0 Å². The number of halogens is 2. The number of amides is 1. The van der Waals surface area contributed by atoms with Crippen molar-refractivity contribution in [3.05, 3.63) is 84.4 Å². The van der Waals surface area contributed by atoms with Gasteiger partial charge in [0.15, 0.2) is 5.16 Å². The van der Waals surface area contributed by atoms with Crippen molar-refractivity contribution in [2.45, 2.75) is 30.8 Å². The number of carbonyl (C=O) groups is 1. The van der Waals surface area contributed by atoms with Gasteiger partial charge in [-0.15, -0.1) is 11.3 Å². The van der Waals surface area contributed by atoms with Crippen LogP contribution < -0.4 is 11.0 Å². The third kappa shape index (κ3) is 5.23. The zero-order valence-corrected chi connectivity index (χ0v) is 22.4. The molecule has 6 nitrogen and oxygen atoms in total. The molecule has 1 amide bonds. The fourth-order valence-electron chi connectivity index (χ4n) is 4.02. The highest BCUT2D eigenvalue weighted by molar-refractivity contribution is 9.10. The number of thioether (sulfide) groups is 1. The molecule has 2 aromatic heterocycles. The first kappa shape index (κ1) is 24.2. The van der Waals surface area contributed by atoms with E-state index in [1.807, 2.05) is 42.5 Å². The highest BCUT2D eigenvalue weighted by Crippen LogP contribution is 2.35. The van der Waals surface area contributed by atoms with E-state index >= 15 is 0 Å². The van der Waals surface area contributed by atoms with E-state index in [4.69, 9.17) is 16.6 Å². The molecule has 0 unspecified atom stereocenters. The number of nitrogens with one attached hydrogen (secondary N) is 1. The number of hydrazone groups is 1. The molecular weight excluding hydrogens is 568 g/mol. The average Bonchev–Trinajstić information content (AvgIpc) is 3.23. The summed E-state index contributed by atoms with van der Waals surface area (Å²) in [6.07, 6.45) is 5.62. The quantitative estimate of drug-likeness (QED) is 0.130. The van der Waals surface area contributed by atoms with Crippen LogP contribution in [0.15, 0.2) is 68.1 Å². The Bertz CT molecular complexity index is 1500. The predicted octanol–water partition coefficient (Wildman–Crippen LogP) is 5.98. The molecule has 1 aliphatic carbocycles. The largest absolute Gasteiger partial charge is 0.272 e. The molecule has 2 heterocycles. The second-order valence-corrected chi connectivity index (χ2v) is 11.4. The summed E-state index contributed by atoms with van der Waals surface area (Å²) >= 11 is 12.4. The number of aromatic nitrogens is 2. The minimum atomic E-state index is -0.305. The van der Waals surface area contributed by atoms with Gasteiger partial charge in [-0.3, -0.25) is 14.2 Å². The van der Waals surface area contributed by atoms with Crippen LogP contribution in [0.2, 0.25) is 5.02 Å².